The molecule has 0 bridgehead atoms. The van der Waals surface area contributed by atoms with E-state index < -0.39 is 0 Å². The summed E-state index contributed by atoms with van der Waals surface area (Å²) in [5.74, 6) is 2.01. The van der Waals surface area contributed by atoms with Gasteiger partial charge in [-0.05, 0) is 43.5 Å². The van der Waals surface area contributed by atoms with Crippen molar-refractivity contribution in [1.29, 1.82) is 0 Å². The summed E-state index contributed by atoms with van der Waals surface area (Å²) in [5, 5.41) is 9.74. The van der Waals surface area contributed by atoms with E-state index in [9.17, 15) is 9.59 Å². The molecular formula is C22H30N4O4. The molecule has 1 aliphatic carbocycles. The van der Waals surface area contributed by atoms with Crippen LogP contribution in [0.4, 0.5) is 0 Å². The minimum atomic E-state index is -0.0446. The Morgan fingerprint density at radius 3 is 2.57 bits per heavy atom. The Labute approximate surface area is 176 Å². The highest BCUT2D eigenvalue weighted by molar-refractivity contribution is 5.79. The summed E-state index contributed by atoms with van der Waals surface area (Å²) in [6.45, 7) is 0.912. The number of carbonyl (C=O) groups excluding carboxylic acids is 2. The van der Waals surface area contributed by atoms with Gasteiger partial charge in [0, 0.05) is 37.4 Å². The molecule has 0 spiro atoms. The second kappa shape index (κ2) is 11.3. The molecule has 162 valence electrons. The first-order valence-electron chi connectivity index (χ1n) is 10.7. The molecule has 1 heterocycles. The lowest BCUT2D eigenvalue weighted by atomic mass is 9.89. The first-order valence-corrected chi connectivity index (χ1v) is 10.7. The van der Waals surface area contributed by atoms with Gasteiger partial charge in [-0.15, -0.1) is 0 Å². The average Bonchev–Trinajstić information content (AvgIpc) is 3.26. The largest absolute Gasteiger partial charge is 0.497 e. The molecule has 1 saturated carbocycles. The second-order valence-corrected chi connectivity index (χ2v) is 7.57. The van der Waals surface area contributed by atoms with Gasteiger partial charge in [-0.2, -0.15) is 4.98 Å². The number of rotatable bonds is 10. The number of benzene rings is 1. The maximum Gasteiger partial charge on any atom is 0.226 e. The number of hydrogen-bond acceptors (Lipinski definition) is 6. The Hall–Kier alpha value is -2.90. The summed E-state index contributed by atoms with van der Waals surface area (Å²) in [7, 11) is 1.62. The standard InChI is InChI=1S/C22H30N4O4/c1-29-18-12-10-16(11-13-18)21-25-20(30-26-21)9-5-8-19(27)23-14-15-24-22(28)17-6-3-2-4-7-17/h10-13,17H,2-9,14-15H2,1H3,(H,23,27)(H,24,28). The molecule has 8 nitrogen and oxygen atoms in total. The molecule has 0 radical (unpaired) electrons. The lowest BCUT2D eigenvalue weighted by molar-refractivity contribution is -0.126. The van der Waals surface area contributed by atoms with Crippen molar-refractivity contribution in [2.75, 3.05) is 20.2 Å². The van der Waals surface area contributed by atoms with Crippen molar-refractivity contribution in [3.63, 3.8) is 0 Å². The van der Waals surface area contributed by atoms with E-state index in [0.717, 1.165) is 37.0 Å². The number of methoxy groups -OCH3 is 1. The van der Waals surface area contributed by atoms with E-state index >= 15 is 0 Å². The van der Waals surface area contributed by atoms with Gasteiger partial charge in [0.15, 0.2) is 0 Å². The molecule has 0 aliphatic heterocycles. The predicted octanol–water partition coefficient (Wildman–Crippen LogP) is 2.88. The minimum Gasteiger partial charge on any atom is -0.497 e. The molecular weight excluding hydrogens is 384 g/mol. The van der Waals surface area contributed by atoms with Crippen LogP contribution in [0.5, 0.6) is 5.75 Å². The van der Waals surface area contributed by atoms with Gasteiger partial charge in [0.1, 0.15) is 5.75 Å². The van der Waals surface area contributed by atoms with Gasteiger partial charge in [0.2, 0.25) is 23.5 Å². The van der Waals surface area contributed by atoms with E-state index in [-0.39, 0.29) is 17.7 Å². The molecule has 30 heavy (non-hydrogen) atoms. The van der Waals surface area contributed by atoms with E-state index in [1.807, 2.05) is 24.3 Å². The number of hydrogen-bond donors (Lipinski definition) is 2. The SMILES string of the molecule is COc1ccc(-c2noc(CCCC(=O)NCCNC(=O)C3CCCCC3)n2)cc1. The lowest BCUT2D eigenvalue weighted by Crippen LogP contribution is -2.38. The van der Waals surface area contributed by atoms with E-state index in [0.29, 0.717) is 44.1 Å². The van der Waals surface area contributed by atoms with Crippen LogP contribution in [-0.2, 0) is 16.0 Å². The van der Waals surface area contributed by atoms with Crippen LogP contribution in [0.25, 0.3) is 11.4 Å². The molecule has 1 aromatic carbocycles. The first-order chi connectivity index (χ1) is 14.7. The Kier molecular flexibility index (Phi) is 8.23. The van der Waals surface area contributed by atoms with Gasteiger partial charge in [-0.1, -0.05) is 24.4 Å². The van der Waals surface area contributed by atoms with Crippen molar-refractivity contribution in [1.82, 2.24) is 20.8 Å². The molecule has 0 atom stereocenters. The van der Waals surface area contributed by atoms with E-state index in [4.69, 9.17) is 9.26 Å². The highest BCUT2D eigenvalue weighted by Crippen LogP contribution is 2.23. The molecule has 1 aromatic heterocycles. The van der Waals surface area contributed by atoms with Crippen LogP contribution >= 0.6 is 0 Å². The van der Waals surface area contributed by atoms with Crippen LogP contribution in [0, 0.1) is 5.92 Å². The summed E-state index contributed by atoms with van der Waals surface area (Å²) in [6, 6.07) is 7.42. The van der Waals surface area contributed by atoms with Crippen molar-refractivity contribution in [2.24, 2.45) is 5.92 Å². The molecule has 0 unspecified atom stereocenters. The zero-order chi connectivity index (χ0) is 21.2. The fourth-order valence-corrected chi connectivity index (χ4v) is 3.60. The van der Waals surface area contributed by atoms with Crippen LogP contribution in [-0.4, -0.2) is 42.2 Å². The number of ether oxygens (including phenoxy) is 1. The van der Waals surface area contributed by atoms with Crippen molar-refractivity contribution < 1.29 is 18.8 Å². The topological polar surface area (TPSA) is 106 Å². The van der Waals surface area contributed by atoms with Crippen LogP contribution in [0.15, 0.2) is 28.8 Å². The van der Waals surface area contributed by atoms with Crippen molar-refractivity contribution in [3.8, 4) is 17.1 Å². The van der Waals surface area contributed by atoms with Gasteiger partial charge < -0.3 is 19.9 Å². The zero-order valence-corrected chi connectivity index (χ0v) is 17.5. The number of amides is 2. The van der Waals surface area contributed by atoms with E-state index in [1.54, 1.807) is 7.11 Å². The monoisotopic (exact) mass is 414 g/mol. The third-order valence-corrected chi connectivity index (χ3v) is 5.33. The van der Waals surface area contributed by atoms with Crippen LogP contribution in [0.1, 0.15) is 50.8 Å². The second-order valence-electron chi connectivity index (χ2n) is 7.57. The number of aromatic nitrogens is 2. The highest BCUT2D eigenvalue weighted by atomic mass is 16.5. The third-order valence-electron chi connectivity index (χ3n) is 5.33. The molecule has 8 heteroatoms. The van der Waals surface area contributed by atoms with Crippen molar-refractivity contribution in [2.45, 2.75) is 51.4 Å². The summed E-state index contributed by atoms with van der Waals surface area (Å²) >= 11 is 0. The first kappa shape index (κ1) is 21.8. The Bertz CT molecular complexity index is 813. The fraction of sp³-hybridized carbons (Fsp3) is 0.545. The maximum atomic E-state index is 12.1. The molecule has 2 aromatic rings. The Morgan fingerprint density at radius 2 is 1.83 bits per heavy atom. The highest BCUT2D eigenvalue weighted by Gasteiger charge is 2.20. The van der Waals surface area contributed by atoms with Gasteiger partial charge in [0.05, 0.1) is 7.11 Å². The maximum absolute atomic E-state index is 12.1. The molecule has 2 N–H and O–H groups in total. The molecule has 0 saturated heterocycles. The smallest absolute Gasteiger partial charge is 0.226 e. The van der Waals surface area contributed by atoms with Gasteiger partial charge in [-0.25, -0.2) is 0 Å². The lowest BCUT2D eigenvalue weighted by Gasteiger charge is -2.20. The summed E-state index contributed by atoms with van der Waals surface area (Å²) in [6.07, 6.45) is 6.98. The van der Waals surface area contributed by atoms with Gasteiger partial charge in [0.25, 0.3) is 0 Å². The summed E-state index contributed by atoms with van der Waals surface area (Å²) in [4.78, 5) is 28.4. The summed E-state index contributed by atoms with van der Waals surface area (Å²) in [5.41, 5.74) is 0.846. The van der Waals surface area contributed by atoms with E-state index in [2.05, 4.69) is 20.8 Å². The zero-order valence-electron chi connectivity index (χ0n) is 17.5. The number of nitrogens with one attached hydrogen (secondary N) is 2. The number of carbonyl (C=O) groups is 2. The molecule has 1 fully saturated rings. The predicted molar refractivity (Wildman–Crippen MR) is 112 cm³/mol. The van der Waals surface area contributed by atoms with Crippen LogP contribution < -0.4 is 15.4 Å². The minimum absolute atomic E-state index is 0.0446. The van der Waals surface area contributed by atoms with Crippen molar-refractivity contribution >= 4 is 11.8 Å². The fourth-order valence-electron chi connectivity index (χ4n) is 3.60. The molecule has 1 aliphatic rings. The number of nitrogens with zero attached hydrogens (tertiary/aromatic N) is 2. The van der Waals surface area contributed by atoms with Gasteiger partial charge in [-0.3, -0.25) is 9.59 Å². The van der Waals surface area contributed by atoms with Gasteiger partial charge >= 0.3 is 0 Å². The number of aryl methyl sites for hydroxylation is 1. The third kappa shape index (κ3) is 6.57. The normalized spacial score (nSPS) is 14.3. The average molecular weight is 415 g/mol. The van der Waals surface area contributed by atoms with Crippen molar-refractivity contribution in [3.05, 3.63) is 30.2 Å². The summed E-state index contributed by atoms with van der Waals surface area (Å²) < 4.78 is 10.4. The Balaban J connectivity index is 1.30. The van der Waals surface area contributed by atoms with Crippen LogP contribution in [0.3, 0.4) is 0 Å². The quantitative estimate of drug-likeness (QED) is 0.579. The molecule has 3 rings (SSSR count). The van der Waals surface area contributed by atoms with Crippen LogP contribution in [0.2, 0.25) is 0 Å². The van der Waals surface area contributed by atoms with E-state index in [1.165, 1.54) is 6.42 Å². The molecule has 2 amide bonds. The Morgan fingerprint density at radius 1 is 1.10 bits per heavy atom.